The Hall–Kier alpha value is -1.39. The second kappa shape index (κ2) is 8.16. The zero-order valence-corrected chi connectivity index (χ0v) is 17.2. The van der Waals surface area contributed by atoms with E-state index in [1.807, 2.05) is 6.07 Å². The topological polar surface area (TPSA) is 49.7 Å². The van der Waals surface area contributed by atoms with Gasteiger partial charge in [-0.1, -0.05) is 48.9 Å². The minimum atomic E-state index is -0.510. The highest BCUT2D eigenvalue weighted by molar-refractivity contribution is 6.31. The average Bonchev–Trinajstić information content (AvgIpc) is 2.70. The van der Waals surface area contributed by atoms with Crippen LogP contribution in [0.1, 0.15) is 60.4 Å². The van der Waals surface area contributed by atoms with E-state index in [0.29, 0.717) is 12.8 Å². The molecule has 3 unspecified atom stereocenters. The summed E-state index contributed by atoms with van der Waals surface area (Å²) in [6.45, 7) is 2.11. The van der Waals surface area contributed by atoms with Crippen molar-refractivity contribution in [2.75, 3.05) is 6.61 Å². The highest BCUT2D eigenvalue weighted by Crippen LogP contribution is 2.48. The summed E-state index contributed by atoms with van der Waals surface area (Å²) in [6.07, 6.45) is 5.02. The lowest BCUT2D eigenvalue weighted by molar-refractivity contribution is -0.185. The lowest BCUT2D eigenvalue weighted by Crippen LogP contribution is -2.47. The van der Waals surface area contributed by atoms with Crippen molar-refractivity contribution in [3.63, 3.8) is 0 Å². The first-order valence-corrected chi connectivity index (χ1v) is 10.8. The molecule has 150 valence electrons. The standard InChI is InChI=1S/C24H29ClO3/c1-2-16-5-7-17(8-6-16)12-21-20-4-3-11-24(22(20)9-10-23(21)25)14-18(27)13-19(15-26)28-24/h5-10,18-19,26-27H,2-4,11-15H2,1H3. The number of aryl methyl sites for hydroxylation is 1. The van der Waals surface area contributed by atoms with Crippen molar-refractivity contribution in [2.24, 2.45) is 0 Å². The number of hydrogen-bond donors (Lipinski definition) is 2. The van der Waals surface area contributed by atoms with Crippen LogP contribution in [0.15, 0.2) is 36.4 Å². The third-order valence-corrected chi connectivity index (χ3v) is 6.73. The number of fused-ring (bicyclic) bond motifs is 2. The number of benzene rings is 2. The van der Waals surface area contributed by atoms with Gasteiger partial charge in [0.15, 0.2) is 0 Å². The molecule has 3 atom stereocenters. The van der Waals surface area contributed by atoms with Crippen LogP contribution in [0.3, 0.4) is 0 Å². The fourth-order valence-electron chi connectivity index (χ4n) is 4.98. The molecule has 1 fully saturated rings. The number of halogens is 1. The predicted molar refractivity (Wildman–Crippen MR) is 112 cm³/mol. The summed E-state index contributed by atoms with van der Waals surface area (Å²) >= 11 is 6.65. The van der Waals surface area contributed by atoms with Gasteiger partial charge in [-0.05, 0) is 66.0 Å². The Bertz CT molecular complexity index is 832. The molecule has 4 heteroatoms. The molecule has 1 saturated heterocycles. The van der Waals surface area contributed by atoms with Crippen LogP contribution in [0.4, 0.5) is 0 Å². The lowest BCUT2D eigenvalue weighted by Gasteiger charge is -2.46. The Morgan fingerprint density at radius 2 is 1.89 bits per heavy atom. The Morgan fingerprint density at radius 3 is 2.61 bits per heavy atom. The smallest absolute Gasteiger partial charge is 0.0963 e. The summed E-state index contributed by atoms with van der Waals surface area (Å²) in [5, 5.41) is 20.9. The monoisotopic (exact) mass is 400 g/mol. The molecule has 1 heterocycles. The van der Waals surface area contributed by atoms with E-state index in [0.717, 1.165) is 42.7 Å². The summed E-state index contributed by atoms with van der Waals surface area (Å²) in [4.78, 5) is 0. The fourth-order valence-corrected chi connectivity index (χ4v) is 5.22. The third kappa shape index (κ3) is 3.73. The van der Waals surface area contributed by atoms with Gasteiger partial charge >= 0.3 is 0 Å². The first-order valence-electron chi connectivity index (χ1n) is 10.4. The molecule has 3 nitrogen and oxygen atoms in total. The number of hydrogen-bond acceptors (Lipinski definition) is 3. The van der Waals surface area contributed by atoms with Gasteiger partial charge in [0.1, 0.15) is 0 Å². The maximum Gasteiger partial charge on any atom is 0.0963 e. The van der Waals surface area contributed by atoms with Crippen molar-refractivity contribution >= 4 is 11.6 Å². The molecule has 0 radical (unpaired) electrons. The van der Waals surface area contributed by atoms with Gasteiger partial charge in [-0.25, -0.2) is 0 Å². The van der Waals surface area contributed by atoms with Gasteiger partial charge in [-0.2, -0.15) is 0 Å². The zero-order chi connectivity index (χ0) is 19.7. The van der Waals surface area contributed by atoms with Crippen molar-refractivity contribution in [2.45, 2.75) is 69.7 Å². The van der Waals surface area contributed by atoms with Gasteiger partial charge < -0.3 is 14.9 Å². The maximum absolute atomic E-state index is 10.4. The molecule has 1 aliphatic carbocycles. The van der Waals surface area contributed by atoms with E-state index < -0.39 is 11.7 Å². The molecular formula is C24H29ClO3. The van der Waals surface area contributed by atoms with Crippen molar-refractivity contribution in [3.8, 4) is 0 Å². The van der Waals surface area contributed by atoms with Gasteiger partial charge in [-0.15, -0.1) is 0 Å². The molecule has 1 aliphatic heterocycles. The Kier molecular flexibility index (Phi) is 5.80. The highest BCUT2D eigenvalue weighted by Gasteiger charge is 2.45. The number of ether oxygens (including phenoxy) is 1. The molecule has 28 heavy (non-hydrogen) atoms. The van der Waals surface area contributed by atoms with Gasteiger partial charge in [0, 0.05) is 17.9 Å². The van der Waals surface area contributed by atoms with Crippen molar-refractivity contribution < 1.29 is 14.9 Å². The van der Waals surface area contributed by atoms with Crippen LogP contribution in [0, 0.1) is 0 Å². The van der Waals surface area contributed by atoms with E-state index in [-0.39, 0.29) is 12.7 Å². The summed E-state index contributed by atoms with van der Waals surface area (Å²) in [7, 11) is 0. The Labute approximate surface area is 172 Å². The van der Waals surface area contributed by atoms with E-state index in [1.54, 1.807) is 0 Å². The lowest BCUT2D eigenvalue weighted by atomic mass is 9.72. The second-order valence-electron chi connectivity index (χ2n) is 8.26. The van der Waals surface area contributed by atoms with E-state index in [1.165, 1.54) is 22.3 Å². The van der Waals surface area contributed by atoms with E-state index in [9.17, 15) is 10.2 Å². The molecule has 4 rings (SSSR count). The molecule has 0 bridgehead atoms. The fraction of sp³-hybridized carbons (Fsp3) is 0.500. The largest absolute Gasteiger partial charge is 0.394 e. The zero-order valence-electron chi connectivity index (χ0n) is 16.5. The minimum Gasteiger partial charge on any atom is -0.394 e. The number of rotatable bonds is 4. The first-order chi connectivity index (χ1) is 13.5. The summed E-state index contributed by atoms with van der Waals surface area (Å²) in [5.74, 6) is 0. The molecule has 2 aromatic carbocycles. The molecule has 2 N–H and O–H groups in total. The van der Waals surface area contributed by atoms with Gasteiger partial charge in [0.2, 0.25) is 0 Å². The molecule has 0 aromatic heterocycles. The predicted octanol–water partition coefficient (Wildman–Crippen LogP) is 4.56. The van der Waals surface area contributed by atoms with Crippen LogP contribution >= 0.6 is 11.6 Å². The van der Waals surface area contributed by atoms with Crippen LogP contribution in [0.25, 0.3) is 0 Å². The van der Waals surface area contributed by atoms with Crippen LogP contribution < -0.4 is 0 Å². The normalized spacial score (nSPS) is 27.0. The minimum absolute atomic E-state index is 0.0572. The number of aliphatic hydroxyl groups is 2. The van der Waals surface area contributed by atoms with Crippen LogP contribution in [-0.2, 0) is 29.6 Å². The van der Waals surface area contributed by atoms with Crippen LogP contribution in [0.5, 0.6) is 0 Å². The van der Waals surface area contributed by atoms with E-state index >= 15 is 0 Å². The highest BCUT2D eigenvalue weighted by atomic mass is 35.5. The van der Waals surface area contributed by atoms with E-state index in [4.69, 9.17) is 16.3 Å². The molecule has 0 saturated carbocycles. The second-order valence-corrected chi connectivity index (χ2v) is 8.67. The number of aliphatic hydroxyl groups excluding tert-OH is 2. The van der Waals surface area contributed by atoms with Crippen molar-refractivity contribution in [1.29, 1.82) is 0 Å². The maximum atomic E-state index is 10.4. The average molecular weight is 401 g/mol. The van der Waals surface area contributed by atoms with Gasteiger partial charge in [-0.3, -0.25) is 0 Å². The molecule has 0 amide bonds. The first kappa shape index (κ1) is 19.9. The van der Waals surface area contributed by atoms with Crippen molar-refractivity contribution in [1.82, 2.24) is 0 Å². The van der Waals surface area contributed by atoms with Crippen LogP contribution in [0.2, 0.25) is 5.02 Å². The summed E-state index contributed by atoms with van der Waals surface area (Å²) in [5.41, 5.74) is 5.68. The summed E-state index contributed by atoms with van der Waals surface area (Å²) in [6, 6.07) is 12.8. The Morgan fingerprint density at radius 1 is 1.14 bits per heavy atom. The van der Waals surface area contributed by atoms with Crippen LogP contribution in [-0.4, -0.2) is 29.0 Å². The molecule has 2 aromatic rings. The SMILES string of the molecule is CCc1ccc(Cc2c(Cl)ccc3c2CCCC32CC(O)CC(CO)O2)cc1. The molecule has 1 spiro atoms. The van der Waals surface area contributed by atoms with Gasteiger partial charge in [0.05, 0.1) is 24.4 Å². The molecular weight excluding hydrogens is 372 g/mol. The molecule has 2 aliphatic rings. The van der Waals surface area contributed by atoms with E-state index in [2.05, 4.69) is 37.3 Å². The summed E-state index contributed by atoms with van der Waals surface area (Å²) < 4.78 is 6.38. The third-order valence-electron chi connectivity index (χ3n) is 6.38. The van der Waals surface area contributed by atoms with Gasteiger partial charge in [0.25, 0.3) is 0 Å². The quantitative estimate of drug-likeness (QED) is 0.791. The van der Waals surface area contributed by atoms with Crippen molar-refractivity contribution in [3.05, 3.63) is 69.2 Å². The Balaban J connectivity index is 1.72.